The van der Waals surface area contributed by atoms with E-state index in [0.29, 0.717) is 0 Å². The third-order valence-electron chi connectivity index (χ3n) is 3.15. The third-order valence-corrected chi connectivity index (χ3v) is 3.15. The lowest BCUT2D eigenvalue weighted by atomic mass is 10.1. The molecule has 0 saturated heterocycles. The van der Waals surface area contributed by atoms with E-state index in [4.69, 9.17) is 0 Å². The van der Waals surface area contributed by atoms with E-state index in [-0.39, 0.29) is 5.69 Å². The first-order chi connectivity index (χ1) is 9.70. The molecule has 2 aromatic rings. The lowest BCUT2D eigenvalue weighted by molar-refractivity contribution is -0.384. The maximum absolute atomic E-state index is 10.6. The Morgan fingerprint density at radius 2 is 1.95 bits per heavy atom. The standard InChI is InChI=1S/C14H18N4O2/c1-2-3-4-5-6-12-11-17(16-15-12)13-7-9-14(10-8-13)18(19)20/h7-11H,2-6H2,1H3. The van der Waals surface area contributed by atoms with Gasteiger partial charge in [0.2, 0.25) is 0 Å². The highest BCUT2D eigenvalue weighted by Gasteiger charge is 2.06. The number of unbranched alkanes of at least 4 members (excludes halogenated alkanes) is 3. The van der Waals surface area contributed by atoms with Crippen molar-refractivity contribution in [1.82, 2.24) is 15.0 Å². The van der Waals surface area contributed by atoms with Gasteiger partial charge in [0.05, 0.1) is 22.5 Å². The van der Waals surface area contributed by atoms with Crippen molar-refractivity contribution in [2.45, 2.75) is 39.0 Å². The zero-order valence-electron chi connectivity index (χ0n) is 11.5. The summed E-state index contributed by atoms with van der Waals surface area (Å²) < 4.78 is 1.65. The van der Waals surface area contributed by atoms with Crippen LogP contribution in [-0.4, -0.2) is 19.9 Å². The lowest BCUT2D eigenvalue weighted by Crippen LogP contribution is -1.95. The summed E-state index contributed by atoms with van der Waals surface area (Å²) in [5.74, 6) is 0. The van der Waals surface area contributed by atoms with E-state index in [2.05, 4.69) is 17.2 Å². The van der Waals surface area contributed by atoms with Crippen LogP contribution in [0.5, 0.6) is 0 Å². The summed E-state index contributed by atoms with van der Waals surface area (Å²) in [4.78, 5) is 10.2. The molecule has 1 heterocycles. The van der Waals surface area contributed by atoms with E-state index in [9.17, 15) is 10.1 Å². The molecule has 0 spiro atoms. The third kappa shape index (κ3) is 3.63. The van der Waals surface area contributed by atoms with Crippen molar-refractivity contribution >= 4 is 5.69 Å². The van der Waals surface area contributed by atoms with Crippen LogP contribution < -0.4 is 0 Å². The van der Waals surface area contributed by atoms with Crippen LogP contribution in [0.3, 0.4) is 0 Å². The molecular weight excluding hydrogens is 256 g/mol. The zero-order chi connectivity index (χ0) is 14.4. The number of aromatic nitrogens is 3. The second-order valence-corrected chi connectivity index (χ2v) is 4.74. The molecule has 0 radical (unpaired) electrons. The van der Waals surface area contributed by atoms with Gasteiger partial charge in [-0.1, -0.05) is 31.4 Å². The van der Waals surface area contributed by atoms with Gasteiger partial charge >= 0.3 is 0 Å². The molecule has 0 unspecified atom stereocenters. The Balaban J connectivity index is 1.99. The van der Waals surface area contributed by atoms with Crippen molar-refractivity contribution in [3.05, 3.63) is 46.3 Å². The van der Waals surface area contributed by atoms with Crippen molar-refractivity contribution < 1.29 is 4.92 Å². The minimum Gasteiger partial charge on any atom is -0.258 e. The molecular formula is C14H18N4O2. The van der Waals surface area contributed by atoms with Crippen molar-refractivity contribution in [2.24, 2.45) is 0 Å². The van der Waals surface area contributed by atoms with E-state index in [1.807, 2.05) is 6.20 Å². The van der Waals surface area contributed by atoms with Crippen LogP contribution >= 0.6 is 0 Å². The summed E-state index contributed by atoms with van der Waals surface area (Å²) >= 11 is 0. The predicted molar refractivity (Wildman–Crippen MR) is 75.9 cm³/mol. The molecule has 1 aromatic heterocycles. The van der Waals surface area contributed by atoms with Gasteiger partial charge in [0.15, 0.2) is 0 Å². The summed E-state index contributed by atoms with van der Waals surface area (Å²) in [6.45, 7) is 2.19. The molecule has 0 bridgehead atoms. The Labute approximate surface area is 117 Å². The molecule has 0 aliphatic carbocycles. The summed E-state index contributed by atoms with van der Waals surface area (Å²) in [5.41, 5.74) is 1.82. The number of benzene rings is 1. The number of non-ortho nitro benzene ring substituents is 1. The largest absolute Gasteiger partial charge is 0.269 e. The van der Waals surface area contributed by atoms with Gasteiger partial charge in [-0.2, -0.15) is 0 Å². The van der Waals surface area contributed by atoms with Crippen LogP contribution in [0.1, 0.15) is 38.3 Å². The average Bonchev–Trinajstić information content (AvgIpc) is 2.92. The fourth-order valence-electron chi connectivity index (χ4n) is 2.00. The lowest BCUT2D eigenvalue weighted by Gasteiger charge is -1.99. The van der Waals surface area contributed by atoms with Crippen molar-refractivity contribution in [2.75, 3.05) is 0 Å². The Bertz CT molecular complexity index is 563. The Hall–Kier alpha value is -2.24. The highest BCUT2D eigenvalue weighted by molar-refractivity contribution is 5.40. The number of hydrogen-bond donors (Lipinski definition) is 0. The summed E-state index contributed by atoms with van der Waals surface area (Å²) in [5, 5.41) is 18.8. The second kappa shape index (κ2) is 6.79. The van der Waals surface area contributed by atoms with E-state index < -0.39 is 4.92 Å². The van der Waals surface area contributed by atoms with Gasteiger partial charge < -0.3 is 0 Å². The quantitative estimate of drug-likeness (QED) is 0.441. The van der Waals surface area contributed by atoms with E-state index in [1.165, 1.54) is 31.4 Å². The first-order valence-corrected chi connectivity index (χ1v) is 6.86. The van der Waals surface area contributed by atoms with Gasteiger partial charge in [0.1, 0.15) is 0 Å². The van der Waals surface area contributed by atoms with Crippen LogP contribution in [-0.2, 0) is 6.42 Å². The average molecular weight is 274 g/mol. The molecule has 0 saturated carbocycles. The van der Waals surface area contributed by atoms with Gasteiger partial charge in [-0.15, -0.1) is 5.10 Å². The maximum atomic E-state index is 10.6. The molecule has 0 amide bonds. The van der Waals surface area contributed by atoms with Crippen molar-refractivity contribution in [3.8, 4) is 5.69 Å². The van der Waals surface area contributed by atoms with Crippen molar-refractivity contribution in [3.63, 3.8) is 0 Å². The number of nitro benzene ring substituents is 1. The molecule has 0 N–H and O–H groups in total. The minimum absolute atomic E-state index is 0.0775. The molecule has 6 nitrogen and oxygen atoms in total. The number of nitrogens with zero attached hydrogens (tertiary/aromatic N) is 4. The van der Waals surface area contributed by atoms with Crippen LogP contribution in [0.15, 0.2) is 30.5 Å². The fourth-order valence-corrected chi connectivity index (χ4v) is 2.00. The first-order valence-electron chi connectivity index (χ1n) is 6.86. The van der Waals surface area contributed by atoms with Gasteiger partial charge in [-0.25, -0.2) is 4.68 Å². The molecule has 20 heavy (non-hydrogen) atoms. The van der Waals surface area contributed by atoms with Crippen LogP contribution in [0, 0.1) is 10.1 Å². The van der Waals surface area contributed by atoms with Gasteiger partial charge in [0.25, 0.3) is 5.69 Å². The van der Waals surface area contributed by atoms with Gasteiger partial charge in [-0.05, 0) is 25.0 Å². The smallest absolute Gasteiger partial charge is 0.258 e. The second-order valence-electron chi connectivity index (χ2n) is 4.74. The summed E-state index contributed by atoms with van der Waals surface area (Å²) in [7, 11) is 0. The number of hydrogen-bond acceptors (Lipinski definition) is 4. The zero-order valence-corrected chi connectivity index (χ0v) is 11.5. The van der Waals surface area contributed by atoms with Gasteiger partial charge in [0, 0.05) is 12.1 Å². The van der Waals surface area contributed by atoms with Crippen LogP contribution in [0.25, 0.3) is 5.69 Å². The van der Waals surface area contributed by atoms with E-state index in [0.717, 1.165) is 24.2 Å². The molecule has 1 aromatic carbocycles. The fraction of sp³-hybridized carbons (Fsp3) is 0.429. The Morgan fingerprint density at radius 3 is 2.60 bits per heavy atom. The SMILES string of the molecule is CCCCCCc1cn(-c2ccc([N+](=O)[O-])cc2)nn1. The molecule has 106 valence electrons. The molecule has 0 aliphatic heterocycles. The van der Waals surface area contributed by atoms with Gasteiger partial charge in [-0.3, -0.25) is 10.1 Å². The predicted octanol–water partition coefficient (Wildman–Crippen LogP) is 3.30. The summed E-state index contributed by atoms with van der Waals surface area (Å²) in [6.07, 6.45) is 7.60. The molecule has 6 heteroatoms. The van der Waals surface area contributed by atoms with E-state index >= 15 is 0 Å². The molecule has 0 aliphatic rings. The normalized spacial score (nSPS) is 10.7. The Kier molecular flexibility index (Phi) is 4.81. The summed E-state index contributed by atoms with van der Waals surface area (Å²) in [6, 6.07) is 6.29. The monoisotopic (exact) mass is 274 g/mol. The van der Waals surface area contributed by atoms with Crippen LogP contribution in [0.4, 0.5) is 5.69 Å². The minimum atomic E-state index is -0.412. The van der Waals surface area contributed by atoms with Crippen molar-refractivity contribution in [1.29, 1.82) is 0 Å². The molecule has 2 rings (SSSR count). The topological polar surface area (TPSA) is 73.8 Å². The first kappa shape index (κ1) is 14.2. The number of nitro groups is 1. The number of rotatable bonds is 7. The van der Waals surface area contributed by atoms with E-state index in [1.54, 1.807) is 16.8 Å². The molecule has 0 atom stereocenters. The molecule has 0 fully saturated rings. The highest BCUT2D eigenvalue weighted by atomic mass is 16.6. The number of aryl methyl sites for hydroxylation is 1. The highest BCUT2D eigenvalue weighted by Crippen LogP contribution is 2.15. The Morgan fingerprint density at radius 1 is 1.20 bits per heavy atom. The maximum Gasteiger partial charge on any atom is 0.269 e. The van der Waals surface area contributed by atoms with Crippen LogP contribution in [0.2, 0.25) is 0 Å².